The van der Waals surface area contributed by atoms with Crippen LogP contribution in [0.5, 0.6) is 0 Å². The van der Waals surface area contributed by atoms with E-state index < -0.39 is 11.7 Å². The second kappa shape index (κ2) is 6.81. The van der Waals surface area contributed by atoms with Crippen LogP contribution in [-0.4, -0.2) is 17.7 Å². The van der Waals surface area contributed by atoms with Gasteiger partial charge in [0.2, 0.25) is 0 Å². The lowest BCUT2D eigenvalue weighted by molar-refractivity contribution is 0.0636. The summed E-state index contributed by atoms with van der Waals surface area (Å²) in [5.74, 6) is 0. The zero-order chi connectivity index (χ0) is 17.1. The summed E-state index contributed by atoms with van der Waals surface area (Å²) in [6.45, 7) is 10.3. The number of ether oxygens (including phenoxy) is 1. The molecule has 1 fully saturated rings. The average Bonchev–Trinajstić information content (AvgIpc) is 2.41. The lowest BCUT2D eigenvalue weighted by Gasteiger charge is -2.35. The Balaban J connectivity index is 1.84. The van der Waals surface area contributed by atoms with Gasteiger partial charge in [0.15, 0.2) is 0 Å². The fourth-order valence-corrected chi connectivity index (χ4v) is 2.85. The lowest BCUT2D eigenvalue weighted by atomic mass is 9.75. The number of rotatable bonds is 3. The number of anilines is 2. The molecule has 4 heteroatoms. The fourth-order valence-electron chi connectivity index (χ4n) is 2.85. The number of carbonyl (C=O) groups excluding carboxylic acids is 1. The van der Waals surface area contributed by atoms with Gasteiger partial charge < -0.3 is 10.1 Å². The Morgan fingerprint density at radius 3 is 2.13 bits per heavy atom. The molecule has 0 aliphatic heterocycles. The largest absolute Gasteiger partial charge is 0.444 e. The number of carbonyl (C=O) groups is 1. The molecule has 4 nitrogen and oxygen atoms in total. The highest BCUT2D eigenvalue weighted by Crippen LogP contribution is 2.36. The highest BCUT2D eigenvalue weighted by molar-refractivity contribution is 5.85. The molecule has 1 amide bonds. The predicted octanol–water partition coefficient (Wildman–Crippen LogP) is 5.41. The van der Waals surface area contributed by atoms with Gasteiger partial charge in [-0.3, -0.25) is 5.32 Å². The minimum atomic E-state index is -0.486. The molecule has 0 bridgehead atoms. The molecule has 1 aliphatic rings. The van der Waals surface area contributed by atoms with Crippen LogP contribution < -0.4 is 10.6 Å². The van der Waals surface area contributed by atoms with Crippen molar-refractivity contribution in [1.82, 2.24) is 0 Å². The van der Waals surface area contributed by atoms with E-state index in [0.717, 1.165) is 11.4 Å². The molecule has 2 rings (SSSR count). The van der Waals surface area contributed by atoms with Crippen molar-refractivity contribution in [2.24, 2.45) is 5.41 Å². The first-order valence-electron chi connectivity index (χ1n) is 8.50. The van der Waals surface area contributed by atoms with Crippen LogP contribution in [0.15, 0.2) is 24.3 Å². The molecule has 0 heterocycles. The van der Waals surface area contributed by atoms with Gasteiger partial charge in [-0.15, -0.1) is 0 Å². The average molecular weight is 318 g/mol. The second-order valence-corrected chi connectivity index (χ2v) is 8.29. The van der Waals surface area contributed by atoms with Gasteiger partial charge in [-0.2, -0.15) is 0 Å². The molecule has 1 aromatic carbocycles. The van der Waals surface area contributed by atoms with Crippen LogP contribution >= 0.6 is 0 Å². The van der Waals surface area contributed by atoms with Gasteiger partial charge in [0.1, 0.15) is 5.60 Å². The quantitative estimate of drug-likeness (QED) is 0.783. The maximum atomic E-state index is 11.7. The van der Waals surface area contributed by atoms with E-state index in [1.165, 1.54) is 25.7 Å². The molecule has 1 saturated carbocycles. The third-order valence-corrected chi connectivity index (χ3v) is 4.24. The van der Waals surface area contributed by atoms with Gasteiger partial charge in [-0.1, -0.05) is 13.8 Å². The summed E-state index contributed by atoms with van der Waals surface area (Å²) in [6, 6.07) is 8.37. The van der Waals surface area contributed by atoms with Crippen LogP contribution in [0.1, 0.15) is 60.3 Å². The molecular weight excluding hydrogens is 288 g/mol. The molecule has 1 aromatic rings. The number of nitrogens with one attached hydrogen (secondary N) is 2. The molecule has 0 atom stereocenters. The normalized spacial score (nSPS) is 18.3. The first-order chi connectivity index (χ1) is 10.6. The monoisotopic (exact) mass is 318 g/mol. The van der Waals surface area contributed by atoms with E-state index >= 15 is 0 Å². The number of amides is 1. The minimum absolute atomic E-state index is 0.423. The lowest BCUT2D eigenvalue weighted by Crippen LogP contribution is -2.29. The maximum absolute atomic E-state index is 11.7. The van der Waals surface area contributed by atoms with E-state index in [1.807, 2.05) is 45.0 Å². The topological polar surface area (TPSA) is 50.4 Å². The Kier molecular flexibility index (Phi) is 5.23. The molecule has 0 aromatic heterocycles. The van der Waals surface area contributed by atoms with Crippen molar-refractivity contribution >= 4 is 17.5 Å². The summed E-state index contributed by atoms with van der Waals surface area (Å²) in [5, 5.41) is 6.34. The zero-order valence-corrected chi connectivity index (χ0v) is 15.0. The molecule has 2 N–H and O–H groups in total. The molecule has 1 aliphatic carbocycles. The Morgan fingerprint density at radius 2 is 1.61 bits per heavy atom. The molecule has 128 valence electrons. The second-order valence-electron chi connectivity index (χ2n) is 8.29. The Morgan fingerprint density at radius 1 is 1.09 bits per heavy atom. The Bertz CT molecular complexity index is 519. The van der Waals surface area contributed by atoms with E-state index in [4.69, 9.17) is 4.74 Å². The van der Waals surface area contributed by atoms with Crippen LogP contribution in [0, 0.1) is 5.41 Å². The summed E-state index contributed by atoms with van der Waals surface area (Å²) in [4.78, 5) is 11.7. The van der Waals surface area contributed by atoms with E-state index in [1.54, 1.807) is 0 Å². The Labute approximate surface area is 140 Å². The molecule has 0 spiro atoms. The molecular formula is C19H30N2O2. The van der Waals surface area contributed by atoms with Gasteiger partial charge in [-0.25, -0.2) is 4.79 Å². The predicted molar refractivity (Wildman–Crippen MR) is 96.0 cm³/mol. The van der Waals surface area contributed by atoms with Gasteiger partial charge >= 0.3 is 6.09 Å². The molecule has 0 radical (unpaired) electrons. The summed E-state index contributed by atoms with van der Waals surface area (Å²) in [5.41, 5.74) is 1.85. The highest BCUT2D eigenvalue weighted by Gasteiger charge is 2.26. The van der Waals surface area contributed by atoms with Gasteiger partial charge in [0.25, 0.3) is 0 Å². The van der Waals surface area contributed by atoms with Gasteiger partial charge in [0.05, 0.1) is 0 Å². The van der Waals surface area contributed by atoms with E-state index in [9.17, 15) is 4.79 Å². The Hall–Kier alpha value is -1.71. The smallest absolute Gasteiger partial charge is 0.412 e. The SMILES string of the molecule is CC1(C)CCC(Nc2ccc(NC(=O)OC(C)(C)C)cc2)CC1. The van der Waals surface area contributed by atoms with Gasteiger partial charge in [-0.05, 0) is 76.1 Å². The van der Waals surface area contributed by atoms with Crippen molar-refractivity contribution in [2.45, 2.75) is 71.9 Å². The van der Waals surface area contributed by atoms with Crippen LogP contribution in [0.25, 0.3) is 0 Å². The summed E-state index contributed by atoms with van der Waals surface area (Å²) in [6.07, 6.45) is 4.54. The minimum Gasteiger partial charge on any atom is -0.444 e. The van der Waals surface area contributed by atoms with Crippen molar-refractivity contribution < 1.29 is 9.53 Å². The number of hydrogen-bond donors (Lipinski definition) is 2. The van der Waals surface area contributed by atoms with Crippen LogP contribution in [0.4, 0.5) is 16.2 Å². The van der Waals surface area contributed by atoms with Crippen LogP contribution in [-0.2, 0) is 4.74 Å². The first kappa shape index (κ1) is 17.6. The molecule has 0 saturated heterocycles. The van der Waals surface area contributed by atoms with Crippen LogP contribution in [0.2, 0.25) is 0 Å². The number of benzene rings is 1. The van der Waals surface area contributed by atoms with E-state index in [-0.39, 0.29) is 0 Å². The first-order valence-corrected chi connectivity index (χ1v) is 8.50. The fraction of sp³-hybridized carbons (Fsp3) is 0.632. The number of hydrogen-bond acceptors (Lipinski definition) is 3. The summed E-state index contributed by atoms with van der Waals surface area (Å²) < 4.78 is 5.25. The maximum Gasteiger partial charge on any atom is 0.412 e. The van der Waals surface area contributed by atoms with Crippen molar-refractivity contribution in [3.8, 4) is 0 Å². The van der Waals surface area contributed by atoms with Crippen molar-refractivity contribution in [3.05, 3.63) is 24.3 Å². The van der Waals surface area contributed by atoms with Crippen molar-refractivity contribution in [3.63, 3.8) is 0 Å². The highest BCUT2D eigenvalue weighted by atomic mass is 16.6. The third kappa shape index (κ3) is 6.12. The van der Waals surface area contributed by atoms with E-state index in [0.29, 0.717) is 11.5 Å². The summed E-state index contributed by atoms with van der Waals surface area (Å²) >= 11 is 0. The zero-order valence-electron chi connectivity index (χ0n) is 15.0. The summed E-state index contributed by atoms with van der Waals surface area (Å²) in [7, 11) is 0. The third-order valence-electron chi connectivity index (χ3n) is 4.24. The molecule has 0 unspecified atom stereocenters. The van der Waals surface area contributed by atoms with Gasteiger partial charge in [0, 0.05) is 17.4 Å². The van der Waals surface area contributed by atoms with Crippen LogP contribution in [0.3, 0.4) is 0 Å². The van der Waals surface area contributed by atoms with Crippen molar-refractivity contribution in [2.75, 3.05) is 10.6 Å². The standard InChI is InChI=1S/C19H30N2O2/c1-18(2,3)23-17(22)21-15-8-6-14(7-9-15)20-16-10-12-19(4,5)13-11-16/h6-9,16,20H,10-13H2,1-5H3,(H,21,22). The van der Waals surface area contributed by atoms with E-state index in [2.05, 4.69) is 24.5 Å². The molecule has 23 heavy (non-hydrogen) atoms. The van der Waals surface area contributed by atoms with Crippen molar-refractivity contribution in [1.29, 1.82) is 0 Å².